The van der Waals surface area contributed by atoms with Crippen LogP contribution in [-0.2, 0) is 9.53 Å². The van der Waals surface area contributed by atoms with E-state index in [1.165, 1.54) is 4.90 Å². The summed E-state index contributed by atoms with van der Waals surface area (Å²) in [4.78, 5) is 25.3. The maximum atomic E-state index is 12.0. The van der Waals surface area contributed by atoms with Crippen molar-refractivity contribution in [2.45, 2.75) is 56.4 Å². The predicted octanol–water partition coefficient (Wildman–Crippen LogP) is 0.391. The Morgan fingerprint density at radius 2 is 1.91 bits per heavy atom. The zero-order valence-electron chi connectivity index (χ0n) is 13.8. The zero-order valence-corrected chi connectivity index (χ0v) is 13.8. The molecule has 7 nitrogen and oxygen atoms in total. The Morgan fingerprint density at radius 3 is 2.52 bits per heavy atom. The Kier molecular flexibility index (Phi) is 6.41. The van der Waals surface area contributed by atoms with Crippen LogP contribution in [0.1, 0.15) is 32.1 Å². The highest BCUT2D eigenvalue weighted by Gasteiger charge is 2.29. The van der Waals surface area contributed by atoms with Crippen LogP contribution >= 0.6 is 0 Å². The summed E-state index contributed by atoms with van der Waals surface area (Å²) < 4.78 is 5.71. The molecule has 0 bridgehead atoms. The van der Waals surface area contributed by atoms with Crippen LogP contribution in [0.15, 0.2) is 12.2 Å². The first-order chi connectivity index (χ1) is 11.0. The van der Waals surface area contributed by atoms with E-state index < -0.39 is 12.1 Å². The van der Waals surface area contributed by atoms with Gasteiger partial charge in [0.15, 0.2) is 0 Å². The lowest BCUT2D eigenvalue weighted by molar-refractivity contribution is -0.132. The maximum absolute atomic E-state index is 12.0. The van der Waals surface area contributed by atoms with Gasteiger partial charge in [-0.3, -0.25) is 4.79 Å². The second-order valence-electron chi connectivity index (χ2n) is 6.40. The number of aliphatic hydroxyl groups excluding tert-OH is 1. The number of ether oxygens (including phenoxy) is 1. The molecule has 0 aromatic rings. The first-order valence-corrected chi connectivity index (χ1v) is 8.21. The Hall–Kier alpha value is -1.60. The van der Waals surface area contributed by atoms with Crippen LogP contribution < -0.4 is 10.6 Å². The van der Waals surface area contributed by atoms with Gasteiger partial charge in [-0.1, -0.05) is 25.0 Å². The summed E-state index contributed by atoms with van der Waals surface area (Å²) in [5.41, 5.74) is 0. The number of amides is 3. The number of hydrogen-bond donors (Lipinski definition) is 3. The molecule has 0 aromatic heterocycles. The van der Waals surface area contributed by atoms with E-state index >= 15 is 0 Å². The molecule has 3 N–H and O–H groups in total. The molecular formula is C16H27N3O4. The molecule has 3 atom stereocenters. The van der Waals surface area contributed by atoms with E-state index in [0.717, 1.165) is 25.7 Å². The number of urea groups is 1. The maximum Gasteiger partial charge on any atom is 0.315 e. The molecule has 2 rings (SSSR count). The van der Waals surface area contributed by atoms with Crippen molar-refractivity contribution < 1.29 is 19.4 Å². The summed E-state index contributed by atoms with van der Waals surface area (Å²) in [5, 5.41) is 15.3. The van der Waals surface area contributed by atoms with Crippen molar-refractivity contribution in [2.24, 2.45) is 0 Å². The van der Waals surface area contributed by atoms with Gasteiger partial charge in [-0.05, 0) is 12.8 Å². The number of nitrogens with zero attached hydrogens (tertiary/aromatic N) is 1. The SMILES string of the molecule is CN(C)C(=O)C[C@@H]1C=C[C@H](NC(=O)NC2CCCC2)[C@@H](CO)O1. The lowest BCUT2D eigenvalue weighted by Gasteiger charge is -2.32. The minimum atomic E-state index is -0.547. The monoisotopic (exact) mass is 325 g/mol. The Morgan fingerprint density at radius 1 is 1.22 bits per heavy atom. The predicted molar refractivity (Wildman–Crippen MR) is 85.9 cm³/mol. The summed E-state index contributed by atoms with van der Waals surface area (Å²) in [6.45, 7) is -0.217. The molecule has 0 aromatic carbocycles. The third-order valence-corrected chi connectivity index (χ3v) is 4.33. The summed E-state index contributed by atoms with van der Waals surface area (Å²) in [7, 11) is 3.38. The van der Waals surface area contributed by atoms with E-state index in [1.807, 2.05) is 0 Å². The van der Waals surface area contributed by atoms with Gasteiger partial charge in [0.1, 0.15) is 6.10 Å². The number of aliphatic hydroxyl groups is 1. The van der Waals surface area contributed by atoms with Gasteiger partial charge in [-0.15, -0.1) is 0 Å². The summed E-state index contributed by atoms with van der Waals surface area (Å²) in [5.74, 6) is -0.0401. The molecule has 23 heavy (non-hydrogen) atoms. The van der Waals surface area contributed by atoms with Crippen molar-refractivity contribution in [3.63, 3.8) is 0 Å². The zero-order chi connectivity index (χ0) is 16.8. The van der Waals surface area contributed by atoms with Gasteiger partial charge in [0, 0.05) is 20.1 Å². The lowest BCUT2D eigenvalue weighted by Crippen LogP contribution is -2.52. The van der Waals surface area contributed by atoms with Gasteiger partial charge in [0.05, 0.1) is 25.2 Å². The fraction of sp³-hybridized carbons (Fsp3) is 0.750. The Labute approximate surface area is 137 Å². The third-order valence-electron chi connectivity index (χ3n) is 4.33. The highest BCUT2D eigenvalue weighted by Crippen LogP contribution is 2.18. The van der Waals surface area contributed by atoms with E-state index in [-0.39, 0.29) is 37.1 Å². The van der Waals surface area contributed by atoms with Gasteiger partial charge in [-0.25, -0.2) is 4.79 Å². The molecule has 0 unspecified atom stereocenters. The van der Waals surface area contributed by atoms with Crippen LogP contribution in [0.4, 0.5) is 4.79 Å². The van der Waals surface area contributed by atoms with Crippen LogP contribution in [0.2, 0.25) is 0 Å². The minimum absolute atomic E-state index is 0.0401. The average Bonchev–Trinajstić information content (AvgIpc) is 3.01. The molecule has 1 saturated carbocycles. The second kappa shape index (κ2) is 8.31. The molecule has 1 aliphatic carbocycles. The smallest absolute Gasteiger partial charge is 0.315 e. The van der Waals surface area contributed by atoms with Crippen molar-refractivity contribution in [1.29, 1.82) is 0 Å². The van der Waals surface area contributed by atoms with E-state index in [4.69, 9.17) is 4.74 Å². The van der Waals surface area contributed by atoms with E-state index in [0.29, 0.717) is 0 Å². The molecule has 1 aliphatic heterocycles. The molecular weight excluding hydrogens is 298 g/mol. The Balaban J connectivity index is 1.86. The Bertz CT molecular complexity index is 447. The van der Waals surface area contributed by atoms with Gasteiger partial charge in [0.2, 0.25) is 5.91 Å². The molecule has 130 valence electrons. The van der Waals surface area contributed by atoms with E-state index in [9.17, 15) is 14.7 Å². The highest BCUT2D eigenvalue weighted by atomic mass is 16.5. The fourth-order valence-corrected chi connectivity index (χ4v) is 2.94. The van der Waals surface area contributed by atoms with Crippen LogP contribution in [0.3, 0.4) is 0 Å². The average molecular weight is 325 g/mol. The molecule has 1 heterocycles. The van der Waals surface area contributed by atoms with Crippen LogP contribution in [0.25, 0.3) is 0 Å². The molecule has 1 fully saturated rings. The second-order valence-corrected chi connectivity index (χ2v) is 6.40. The summed E-state index contributed by atoms with van der Waals surface area (Å²) in [6, 6.07) is -0.398. The first kappa shape index (κ1) is 17.7. The minimum Gasteiger partial charge on any atom is -0.394 e. The van der Waals surface area contributed by atoms with Crippen molar-refractivity contribution in [2.75, 3.05) is 20.7 Å². The van der Waals surface area contributed by atoms with Crippen molar-refractivity contribution in [1.82, 2.24) is 15.5 Å². The van der Waals surface area contributed by atoms with Crippen LogP contribution in [-0.4, -0.2) is 66.9 Å². The molecule has 0 spiro atoms. The lowest BCUT2D eigenvalue weighted by atomic mass is 10.0. The summed E-state index contributed by atoms with van der Waals surface area (Å²) in [6.07, 6.45) is 7.20. The van der Waals surface area contributed by atoms with Gasteiger partial charge >= 0.3 is 6.03 Å². The van der Waals surface area contributed by atoms with Crippen molar-refractivity contribution in [3.8, 4) is 0 Å². The van der Waals surface area contributed by atoms with E-state index in [1.54, 1.807) is 26.2 Å². The van der Waals surface area contributed by atoms with Gasteiger partial charge < -0.3 is 25.4 Å². The molecule has 2 aliphatic rings. The number of nitrogens with one attached hydrogen (secondary N) is 2. The third kappa shape index (κ3) is 5.21. The number of carbonyl (C=O) groups excluding carboxylic acids is 2. The number of rotatable bonds is 5. The molecule has 3 amide bonds. The quantitative estimate of drug-likeness (QED) is 0.638. The van der Waals surface area contributed by atoms with Crippen LogP contribution in [0, 0.1) is 0 Å². The fourth-order valence-electron chi connectivity index (χ4n) is 2.94. The van der Waals surface area contributed by atoms with Gasteiger partial charge in [0.25, 0.3) is 0 Å². The molecule has 0 saturated heterocycles. The largest absolute Gasteiger partial charge is 0.394 e. The summed E-state index contributed by atoms with van der Waals surface area (Å²) >= 11 is 0. The van der Waals surface area contributed by atoms with Gasteiger partial charge in [-0.2, -0.15) is 0 Å². The normalized spacial score (nSPS) is 27.7. The highest BCUT2D eigenvalue weighted by molar-refractivity contribution is 5.76. The number of hydrogen-bond acceptors (Lipinski definition) is 4. The van der Waals surface area contributed by atoms with Crippen molar-refractivity contribution >= 4 is 11.9 Å². The topological polar surface area (TPSA) is 90.9 Å². The molecule has 0 radical (unpaired) electrons. The molecule has 7 heteroatoms. The van der Waals surface area contributed by atoms with Crippen molar-refractivity contribution in [3.05, 3.63) is 12.2 Å². The van der Waals surface area contributed by atoms with E-state index in [2.05, 4.69) is 10.6 Å². The standard InChI is InChI=1S/C16H27N3O4/c1-19(2)15(21)9-12-7-8-13(14(10-20)23-12)18-16(22)17-11-5-3-4-6-11/h7-8,11-14,20H,3-6,9-10H2,1-2H3,(H2,17,18,22)/t12-,13-,14+/m0/s1. The first-order valence-electron chi connectivity index (χ1n) is 8.21. The number of carbonyl (C=O) groups is 2. The van der Waals surface area contributed by atoms with Crippen LogP contribution in [0.5, 0.6) is 0 Å².